The van der Waals surface area contributed by atoms with Crippen LogP contribution >= 0.6 is 24.2 Å². The number of ether oxygens (including phenoxy) is 1. The Morgan fingerprint density at radius 2 is 1.79 bits per heavy atom. The van der Waals surface area contributed by atoms with E-state index < -0.39 is 0 Å². The lowest BCUT2D eigenvalue weighted by Crippen LogP contribution is -2.30. The highest BCUT2D eigenvalue weighted by atomic mass is 35.5. The summed E-state index contributed by atoms with van der Waals surface area (Å²) in [5.74, 6) is 1.36. The Morgan fingerprint density at radius 1 is 1.08 bits per heavy atom. The van der Waals surface area contributed by atoms with Gasteiger partial charge in [0.05, 0.1) is 0 Å². The monoisotopic (exact) mass is 364 g/mol. The van der Waals surface area contributed by atoms with Crippen LogP contribution in [-0.4, -0.2) is 43.4 Å². The molecule has 0 unspecified atom stereocenters. The molecule has 0 spiro atoms. The number of nitrogens with two attached hydrogens (primary N) is 1. The Kier molecular flexibility index (Phi) is 7.43. The molecule has 1 aliphatic heterocycles. The quantitative estimate of drug-likeness (QED) is 0.794. The van der Waals surface area contributed by atoms with Gasteiger partial charge in [0.25, 0.3) is 0 Å². The molecule has 24 heavy (non-hydrogen) atoms. The van der Waals surface area contributed by atoms with Crippen molar-refractivity contribution in [1.82, 2.24) is 4.90 Å². The summed E-state index contributed by atoms with van der Waals surface area (Å²) >= 11 is 1.74. The van der Waals surface area contributed by atoms with Crippen molar-refractivity contribution in [2.24, 2.45) is 5.73 Å². The van der Waals surface area contributed by atoms with Crippen LogP contribution in [-0.2, 0) is 0 Å². The van der Waals surface area contributed by atoms with Crippen molar-refractivity contribution in [3.63, 3.8) is 0 Å². The van der Waals surface area contributed by atoms with Crippen LogP contribution in [0.2, 0.25) is 0 Å². The van der Waals surface area contributed by atoms with Crippen molar-refractivity contribution < 1.29 is 4.74 Å². The number of benzene rings is 2. The van der Waals surface area contributed by atoms with Gasteiger partial charge in [-0.2, -0.15) is 0 Å². The lowest BCUT2D eigenvalue weighted by Gasteiger charge is -2.16. The minimum atomic E-state index is 0. The maximum atomic E-state index is 6.33. The number of hydrogen-bond acceptors (Lipinski definition) is 4. The van der Waals surface area contributed by atoms with Crippen molar-refractivity contribution in [3.8, 4) is 5.75 Å². The SMILES string of the molecule is CSc1ccc(OCCN2C[C@@H](N)[C@H](c3ccccc3)C2)cc1.Cl. The number of halogens is 1. The lowest BCUT2D eigenvalue weighted by atomic mass is 9.95. The smallest absolute Gasteiger partial charge is 0.119 e. The summed E-state index contributed by atoms with van der Waals surface area (Å²) < 4.78 is 5.85. The predicted molar refractivity (Wildman–Crippen MR) is 105 cm³/mol. The molecule has 1 aliphatic rings. The Labute approximate surface area is 155 Å². The number of nitrogens with zero attached hydrogens (tertiary/aromatic N) is 1. The third-order valence-corrected chi connectivity index (χ3v) is 5.15. The summed E-state index contributed by atoms with van der Waals surface area (Å²) in [6.45, 7) is 3.57. The van der Waals surface area contributed by atoms with E-state index in [1.54, 1.807) is 11.8 Å². The minimum absolute atomic E-state index is 0. The highest BCUT2D eigenvalue weighted by Crippen LogP contribution is 2.26. The third-order valence-electron chi connectivity index (χ3n) is 4.40. The van der Waals surface area contributed by atoms with Gasteiger partial charge in [0.2, 0.25) is 0 Å². The van der Waals surface area contributed by atoms with Crippen LogP contribution in [0, 0.1) is 0 Å². The van der Waals surface area contributed by atoms with Crippen molar-refractivity contribution in [3.05, 3.63) is 60.2 Å². The molecule has 0 saturated carbocycles. The fourth-order valence-corrected chi connectivity index (χ4v) is 3.52. The number of likely N-dealkylation sites (tertiary alicyclic amines) is 1. The molecule has 3 nitrogen and oxygen atoms in total. The number of hydrogen-bond donors (Lipinski definition) is 1. The zero-order valence-corrected chi connectivity index (χ0v) is 15.6. The average molecular weight is 365 g/mol. The molecule has 0 bridgehead atoms. The van der Waals surface area contributed by atoms with Crippen LogP contribution in [0.4, 0.5) is 0 Å². The van der Waals surface area contributed by atoms with E-state index in [1.807, 2.05) is 12.1 Å². The van der Waals surface area contributed by atoms with Gasteiger partial charge in [0.1, 0.15) is 12.4 Å². The van der Waals surface area contributed by atoms with Gasteiger partial charge in [-0.3, -0.25) is 4.90 Å². The average Bonchev–Trinajstić information content (AvgIpc) is 2.97. The van der Waals surface area contributed by atoms with Crippen molar-refractivity contribution in [2.45, 2.75) is 16.9 Å². The van der Waals surface area contributed by atoms with E-state index in [0.717, 1.165) is 25.4 Å². The van der Waals surface area contributed by atoms with Gasteiger partial charge >= 0.3 is 0 Å². The van der Waals surface area contributed by atoms with E-state index in [-0.39, 0.29) is 18.4 Å². The predicted octanol–water partition coefficient (Wildman–Crippen LogP) is 3.64. The Bertz CT molecular complexity index is 609. The molecule has 0 amide bonds. The molecule has 2 aromatic rings. The minimum Gasteiger partial charge on any atom is -0.492 e. The van der Waals surface area contributed by atoms with E-state index in [4.69, 9.17) is 10.5 Å². The Hall–Kier alpha value is -1.20. The van der Waals surface area contributed by atoms with Crippen molar-refractivity contribution in [2.75, 3.05) is 32.5 Å². The van der Waals surface area contributed by atoms with Gasteiger partial charge in [-0.15, -0.1) is 24.2 Å². The summed E-state index contributed by atoms with van der Waals surface area (Å²) in [5.41, 5.74) is 7.67. The maximum Gasteiger partial charge on any atom is 0.119 e. The molecular weight excluding hydrogens is 340 g/mol. The summed E-state index contributed by atoms with van der Waals surface area (Å²) in [6.07, 6.45) is 2.08. The molecule has 0 aliphatic carbocycles. The highest BCUT2D eigenvalue weighted by molar-refractivity contribution is 7.98. The molecule has 0 radical (unpaired) electrons. The van der Waals surface area contributed by atoms with Crippen LogP contribution in [0.3, 0.4) is 0 Å². The number of thioether (sulfide) groups is 1. The normalized spacial score (nSPS) is 20.6. The zero-order valence-electron chi connectivity index (χ0n) is 13.9. The van der Waals surface area contributed by atoms with E-state index >= 15 is 0 Å². The molecule has 2 N–H and O–H groups in total. The molecule has 1 saturated heterocycles. The van der Waals surface area contributed by atoms with Gasteiger partial charge in [-0.05, 0) is 36.1 Å². The van der Waals surface area contributed by atoms with Crippen molar-refractivity contribution >= 4 is 24.2 Å². The largest absolute Gasteiger partial charge is 0.492 e. The number of rotatable bonds is 6. The summed E-state index contributed by atoms with van der Waals surface area (Å²) in [4.78, 5) is 3.66. The molecule has 2 atom stereocenters. The molecule has 5 heteroatoms. The second-order valence-electron chi connectivity index (χ2n) is 5.96. The first-order chi connectivity index (χ1) is 11.3. The lowest BCUT2D eigenvalue weighted by molar-refractivity contribution is 0.235. The molecule has 3 rings (SSSR count). The fourth-order valence-electron chi connectivity index (χ4n) is 3.11. The molecule has 2 aromatic carbocycles. The standard InChI is InChI=1S/C19H24N2OS.ClH/c1-23-17-9-7-16(8-10-17)22-12-11-21-13-18(19(20)14-21)15-5-3-2-4-6-15;/h2-10,18-19H,11-14,20H2,1H3;1H/t18-,19+;/m0./s1. The van der Waals surface area contributed by atoms with Gasteiger partial charge in [0, 0.05) is 36.5 Å². The summed E-state index contributed by atoms with van der Waals surface area (Å²) in [7, 11) is 0. The molecule has 0 aromatic heterocycles. The molecule has 130 valence electrons. The van der Waals surface area contributed by atoms with Gasteiger partial charge < -0.3 is 10.5 Å². The zero-order chi connectivity index (χ0) is 16.1. The van der Waals surface area contributed by atoms with E-state index in [2.05, 4.69) is 53.6 Å². The van der Waals surface area contributed by atoms with Gasteiger partial charge in [-0.1, -0.05) is 30.3 Å². The van der Waals surface area contributed by atoms with Crippen molar-refractivity contribution in [1.29, 1.82) is 0 Å². The Morgan fingerprint density at radius 3 is 2.46 bits per heavy atom. The highest BCUT2D eigenvalue weighted by Gasteiger charge is 2.30. The molecular formula is C19H25ClN2OS. The topological polar surface area (TPSA) is 38.5 Å². The van der Waals surface area contributed by atoms with E-state index in [0.29, 0.717) is 12.5 Å². The molecule has 1 heterocycles. The molecule has 1 fully saturated rings. The van der Waals surface area contributed by atoms with Crippen LogP contribution in [0.25, 0.3) is 0 Å². The first-order valence-electron chi connectivity index (χ1n) is 8.06. The van der Waals surface area contributed by atoms with E-state index in [1.165, 1.54) is 10.5 Å². The second-order valence-corrected chi connectivity index (χ2v) is 6.84. The van der Waals surface area contributed by atoms with Crippen LogP contribution in [0.5, 0.6) is 5.75 Å². The van der Waals surface area contributed by atoms with Crippen LogP contribution < -0.4 is 10.5 Å². The second kappa shape index (κ2) is 9.33. The third kappa shape index (κ3) is 4.90. The van der Waals surface area contributed by atoms with Gasteiger partial charge in [-0.25, -0.2) is 0 Å². The van der Waals surface area contributed by atoms with Gasteiger partial charge in [0.15, 0.2) is 0 Å². The first-order valence-corrected chi connectivity index (χ1v) is 9.28. The summed E-state index contributed by atoms with van der Waals surface area (Å²) in [6, 6.07) is 19.1. The summed E-state index contributed by atoms with van der Waals surface area (Å²) in [5, 5.41) is 0. The fraction of sp³-hybridized carbons (Fsp3) is 0.368. The Balaban J connectivity index is 0.00000208. The maximum absolute atomic E-state index is 6.33. The van der Waals surface area contributed by atoms with Crippen LogP contribution in [0.15, 0.2) is 59.5 Å². The van der Waals surface area contributed by atoms with Crippen LogP contribution in [0.1, 0.15) is 11.5 Å². The first kappa shape index (κ1) is 19.1. The van der Waals surface area contributed by atoms with E-state index in [9.17, 15) is 0 Å².